The summed E-state index contributed by atoms with van der Waals surface area (Å²) in [6.07, 6.45) is 4.46. The molecule has 1 aromatic heterocycles. The predicted octanol–water partition coefficient (Wildman–Crippen LogP) is 5.37. The molecule has 0 spiro atoms. The second-order valence-corrected chi connectivity index (χ2v) is 8.89. The quantitative estimate of drug-likeness (QED) is 0.519. The van der Waals surface area contributed by atoms with Gasteiger partial charge in [0.2, 0.25) is 0 Å². The van der Waals surface area contributed by atoms with Gasteiger partial charge in [0.25, 0.3) is 0 Å². The molecule has 0 radical (unpaired) electrons. The lowest BCUT2D eigenvalue weighted by Gasteiger charge is -2.34. The van der Waals surface area contributed by atoms with Gasteiger partial charge in [-0.1, -0.05) is 54.1 Å². The molecule has 0 N–H and O–H groups in total. The Bertz CT molecular complexity index is 986. The molecule has 1 fully saturated rings. The highest BCUT2D eigenvalue weighted by Crippen LogP contribution is 2.26. The SMILES string of the molecule is S=c1sc2ccc(Cl)cc2n1CN1CCN(CC=Cc2ccccc2)CC1. The maximum atomic E-state index is 6.19. The van der Waals surface area contributed by atoms with Crippen molar-refractivity contribution in [1.82, 2.24) is 14.4 Å². The van der Waals surface area contributed by atoms with Crippen LogP contribution in [0.3, 0.4) is 0 Å². The van der Waals surface area contributed by atoms with Gasteiger partial charge >= 0.3 is 0 Å². The molecule has 2 heterocycles. The molecule has 6 heteroatoms. The van der Waals surface area contributed by atoms with Crippen LogP contribution in [0.25, 0.3) is 16.3 Å². The van der Waals surface area contributed by atoms with Crippen LogP contribution >= 0.6 is 35.2 Å². The van der Waals surface area contributed by atoms with Crippen LogP contribution in [0.1, 0.15) is 5.56 Å². The van der Waals surface area contributed by atoms with Crippen LogP contribution in [-0.2, 0) is 6.67 Å². The van der Waals surface area contributed by atoms with E-state index in [1.54, 1.807) is 11.3 Å². The molecule has 3 aromatic rings. The monoisotopic (exact) mass is 415 g/mol. The Balaban J connectivity index is 1.34. The fourth-order valence-corrected chi connectivity index (χ4v) is 4.84. The molecule has 1 aliphatic heterocycles. The first-order valence-electron chi connectivity index (χ1n) is 9.14. The van der Waals surface area contributed by atoms with Crippen LogP contribution in [0, 0.1) is 3.95 Å². The Hall–Kier alpha value is -1.50. The van der Waals surface area contributed by atoms with Crippen LogP contribution < -0.4 is 0 Å². The minimum Gasteiger partial charge on any atom is -0.309 e. The molecule has 27 heavy (non-hydrogen) atoms. The molecule has 0 aliphatic carbocycles. The number of hydrogen-bond donors (Lipinski definition) is 0. The molecule has 1 aliphatic rings. The molecule has 140 valence electrons. The Labute approximate surface area is 174 Å². The number of rotatable bonds is 5. The van der Waals surface area contributed by atoms with E-state index in [1.807, 2.05) is 18.2 Å². The largest absolute Gasteiger partial charge is 0.309 e. The number of thiazole rings is 1. The van der Waals surface area contributed by atoms with Gasteiger partial charge in [0.1, 0.15) is 0 Å². The topological polar surface area (TPSA) is 11.4 Å². The van der Waals surface area contributed by atoms with E-state index in [1.165, 1.54) is 10.3 Å². The van der Waals surface area contributed by atoms with Gasteiger partial charge in [0.05, 0.1) is 16.9 Å². The van der Waals surface area contributed by atoms with E-state index in [4.69, 9.17) is 23.8 Å². The normalized spacial score (nSPS) is 16.5. The van der Waals surface area contributed by atoms with Gasteiger partial charge < -0.3 is 4.57 Å². The first-order chi connectivity index (χ1) is 13.2. The summed E-state index contributed by atoms with van der Waals surface area (Å²) >= 11 is 13.4. The molecule has 0 saturated carbocycles. The number of benzene rings is 2. The molecule has 0 amide bonds. The Kier molecular flexibility index (Phi) is 6.05. The number of piperazine rings is 1. The molecule has 2 aromatic carbocycles. The van der Waals surface area contributed by atoms with Gasteiger partial charge in [-0.3, -0.25) is 9.80 Å². The highest BCUT2D eigenvalue weighted by molar-refractivity contribution is 7.73. The van der Waals surface area contributed by atoms with Crippen LogP contribution in [0.2, 0.25) is 5.02 Å². The first-order valence-corrected chi connectivity index (χ1v) is 10.7. The van der Waals surface area contributed by atoms with Gasteiger partial charge in [-0.15, -0.1) is 11.3 Å². The standard InChI is InChI=1S/C21H22ClN3S2/c22-18-8-9-20-19(15-18)25(21(26)27-20)16-24-13-11-23(12-14-24)10-4-7-17-5-2-1-3-6-17/h1-9,15H,10-14,16H2. The van der Waals surface area contributed by atoms with Gasteiger partial charge in [-0.25, -0.2) is 0 Å². The van der Waals surface area contributed by atoms with Crippen molar-refractivity contribution in [2.24, 2.45) is 0 Å². The zero-order chi connectivity index (χ0) is 18.6. The van der Waals surface area contributed by atoms with Crippen molar-refractivity contribution < 1.29 is 0 Å². The third-order valence-corrected chi connectivity index (χ3v) is 6.57. The van der Waals surface area contributed by atoms with E-state index < -0.39 is 0 Å². The second kappa shape index (κ2) is 8.67. The third-order valence-electron chi connectivity index (χ3n) is 4.91. The fraction of sp³-hybridized carbons (Fsp3) is 0.286. The molecule has 0 bridgehead atoms. The van der Waals surface area contributed by atoms with Crippen molar-refractivity contribution >= 4 is 51.4 Å². The molecule has 0 atom stereocenters. The molecule has 4 rings (SSSR count). The van der Waals surface area contributed by atoms with Crippen molar-refractivity contribution in [1.29, 1.82) is 0 Å². The van der Waals surface area contributed by atoms with Crippen molar-refractivity contribution in [3.8, 4) is 0 Å². The summed E-state index contributed by atoms with van der Waals surface area (Å²) in [7, 11) is 0. The Morgan fingerprint density at radius 1 is 1.00 bits per heavy atom. The fourth-order valence-electron chi connectivity index (χ4n) is 3.38. The maximum absolute atomic E-state index is 6.19. The average molecular weight is 416 g/mol. The van der Waals surface area contributed by atoms with Crippen LogP contribution in [0.4, 0.5) is 0 Å². The third kappa shape index (κ3) is 4.68. The van der Waals surface area contributed by atoms with Crippen LogP contribution in [-0.4, -0.2) is 47.1 Å². The number of nitrogens with zero attached hydrogens (tertiary/aromatic N) is 3. The molecular formula is C21H22ClN3S2. The second-order valence-electron chi connectivity index (χ2n) is 6.78. The smallest absolute Gasteiger partial charge is 0.163 e. The number of aromatic nitrogens is 1. The molecule has 0 unspecified atom stereocenters. The van der Waals surface area contributed by atoms with Gasteiger partial charge in [0, 0.05) is 37.7 Å². The van der Waals surface area contributed by atoms with Crippen molar-refractivity contribution in [3.05, 3.63) is 69.1 Å². The minimum absolute atomic E-state index is 0.763. The van der Waals surface area contributed by atoms with E-state index in [0.717, 1.165) is 53.9 Å². The Morgan fingerprint density at radius 2 is 1.74 bits per heavy atom. The zero-order valence-corrected chi connectivity index (χ0v) is 17.4. The van der Waals surface area contributed by atoms with Gasteiger partial charge in [-0.05, 0) is 36.0 Å². The summed E-state index contributed by atoms with van der Waals surface area (Å²) in [5.74, 6) is 0. The number of halogens is 1. The number of fused-ring (bicyclic) bond motifs is 1. The summed E-state index contributed by atoms with van der Waals surface area (Å²) in [5, 5.41) is 0.763. The Morgan fingerprint density at radius 3 is 2.52 bits per heavy atom. The summed E-state index contributed by atoms with van der Waals surface area (Å²) in [6.45, 7) is 6.11. The van der Waals surface area contributed by atoms with Crippen molar-refractivity contribution in [2.75, 3.05) is 32.7 Å². The predicted molar refractivity (Wildman–Crippen MR) is 119 cm³/mol. The minimum atomic E-state index is 0.763. The first kappa shape index (κ1) is 18.8. The molecular weight excluding hydrogens is 394 g/mol. The van der Waals surface area contributed by atoms with Crippen LogP contribution in [0.15, 0.2) is 54.6 Å². The van der Waals surface area contributed by atoms with Crippen molar-refractivity contribution in [3.63, 3.8) is 0 Å². The van der Waals surface area contributed by atoms with Crippen molar-refractivity contribution in [2.45, 2.75) is 6.67 Å². The van der Waals surface area contributed by atoms with Gasteiger partial charge in [0.15, 0.2) is 3.95 Å². The summed E-state index contributed by atoms with van der Waals surface area (Å²) < 4.78 is 4.33. The lowest BCUT2D eigenvalue weighted by Crippen LogP contribution is -2.46. The summed E-state index contributed by atoms with van der Waals surface area (Å²) in [6, 6.07) is 16.5. The van der Waals surface area contributed by atoms with E-state index in [0.29, 0.717) is 0 Å². The maximum Gasteiger partial charge on any atom is 0.163 e. The lowest BCUT2D eigenvalue weighted by molar-refractivity contribution is 0.117. The van der Waals surface area contributed by atoms with E-state index >= 15 is 0 Å². The average Bonchev–Trinajstić information content (AvgIpc) is 2.99. The van der Waals surface area contributed by atoms with Crippen LogP contribution in [0.5, 0.6) is 0 Å². The van der Waals surface area contributed by atoms with E-state index in [9.17, 15) is 0 Å². The molecule has 1 saturated heterocycles. The highest BCUT2D eigenvalue weighted by atomic mass is 35.5. The van der Waals surface area contributed by atoms with E-state index in [2.05, 4.69) is 56.9 Å². The number of hydrogen-bond acceptors (Lipinski definition) is 4. The highest BCUT2D eigenvalue weighted by Gasteiger charge is 2.17. The summed E-state index contributed by atoms with van der Waals surface area (Å²) in [4.78, 5) is 4.97. The van der Waals surface area contributed by atoms with Gasteiger partial charge in [-0.2, -0.15) is 0 Å². The van der Waals surface area contributed by atoms with E-state index in [-0.39, 0.29) is 0 Å². The lowest BCUT2D eigenvalue weighted by atomic mass is 10.2. The summed E-state index contributed by atoms with van der Waals surface area (Å²) in [5.41, 5.74) is 2.40. The zero-order valence-electron chi connectivity index (χ0n) is 15.1. The molecule has 3 nitrogen and oxygen atoms in total.